The normalized spacial score (nSPS) is 11.8. The molecule has 0 saturated carbocycles. The molecule has 0 aliphatic rings. The van der Waals surface area contributed by atoms with Crippen molar-refractivity contribution in [2.45, 2.75) is 13.0 Å². The molecule has 2 aromatic rings. The lowest BCUT2D eigenvalue weighted by atomic mass is 10.1. The molecule has 21 heavy (non-hydrogen) atoms. The van der Waals surface area contributed by atoms with Crippen LogP contribution in [0.5, 0.6) is 5.75 Å². The van der Waals surface area contributed by atoms with Crippen LogP contribution in [0, 0.1) is 0 Å². The van der Waals surface area contributed by atoms with Crippen LogP contribution >= 0.6 is 11.6 Å². The third-order valence-corrected chi connectivity index (χ3v) is 3.17. The van der Waals surface area contributed by atoms with E-state index >= 15 is 0 Å². The predicted molar refractivity (Wildman–Crippen MR) is 82.7 cm³/mol. The van der Waals surface area contributed by atoms with Gasteiger partial charge >= 0.3 is 0 Å². The van der Waals surface area contributed by atoms with E-state index in [1.54, 1.807) is 42.5 Å². The first-order valence-electron chi connectivity index (χ1n) is 6.58. The summed E-state index contributed by atoms with van der Waals surface area (Å²) in [7, 11) is 0. The molecule has 0 fully saturated rings. The largest absolute Gasteiger partial charge is 0.490 e. The molecule has 0 saturated heterocycles. The second kappa shape index (κ2) is 7.11. The summed E-state index contributed by atoms with van der Waals surface area (Å²) in [5.41, 5.74) is 0.958. The maximum atomic E-state index is 12.1. The second-order valence-electron chi connectivity index (χ2n) is 4.35. The quantitative estimate of drug-likeness (QED) is 0.890. The maximum Gasteiger partial charge on any atom is 0.257 e. The van der Waals surface area contributed by atoms with E-state index in [9.17, 15) is 9.90 Å². The molecule has 0 spiro atoms. The van der Waals surface area contributed by atoms with E-state index in [1.807, 2.05) is 13.0 Å². The number of benzene rings is 2. The summed E-state index contributed by atoms with van der Waals surface area (Å²) in [6.45, 7) is 2.25. The van der Waals surface area contributed by atoms with Crippen molar-refractivity contribution in [3.63, 3.8) is 0 Å². The number of amides is 1. The fraction of sp³-hybridized carbons (Fsp3) is 0.188. The number of carbonyl (C=O) groups excluding carboxylic acids is 1. The average Bonchev–Trinajstić information content (AvgIpc) is 2.51. The first-order valence-corrected chi connectivity index (χ1v) is 6.96. The first kappa shape index (κ1) is 15.4. The summed E-state index contributed by atoms with van der Waals surface area (Å²) in [5.74, 6) is -0.139. The topological polar surface area (TPSA) is 58.6 Å². The van der Waals surface area contributed by atoms with Crippen LogP contribution < -0.4 is 10.1 Å². The maximum absolute atomic E-state index is 12.1. The number of para-hydroxylation sites is 1. The highest BCUT2D eigenvalue weighted by atomic mass is 35.5. The smallest absolute Gasteiger partial charge is 0.257 e. The molecule has 0 heterocycles. The minimum absolute atomic E-state index is 0.398. The van der Waals surface area contributed by atoms with Gasteiger partial charge in [-0.25, -0.2) is 0 Å². The van der Waals surface area contributed by atoms with Gasteiger partial charge in [0.05, 0.1) is 17.3 Å². The number of anilines is 1. The molecule has 2 rings (SSSR count). The van der Waals surface area contributed by atoms with E-state index in [-0.39, 0.29) is 0 Å². The first-order chi connectivity index (χ1) is 10.1. The highest BCUT2D eigenvalue weighted by Crippen LogP contribution is 2.33. The highest BCUT2D eigenvalue weighted by molar-refractivity contribution is 6.32. The summed E-state index contributed by atoms with van der Waals surface area (Å²) >= 11 is 6.05. The van der Waals surface area contributed by atoms with Gasteiger partial charge in [0.15, 0.2) is 11.9 Å². The van der Waals surface area contributed by atoms with Crippen molar-refractivity contribution < 1.29 is 14.6 Å². The van der Waals surface area contributed by atoms with Crippen molar-refractivity contribution in [1.29, 1.82) is 0 Å². The monoisotopic (exact) mass is 305 g/mol. The van der Waals surface area contributed by atoms with Gasteiger partial charge in [-0.05, 0) is 24.6 Å². The van der Waals surface area contributed by atoms with E-state index in [0.717, 1.165) is 0 Å². The molecular weight excluding hydrogens is 290 g/mol. The minimum atomic E-state index is -1.25. The Morgan fingerprint density at radius 1 is 1.24 bits per heavy atom. The van der Waals surface area contributed by atoms with Crippen LogP contribution in [-0.4, -0.2) is 17.6 Å². The number of nitrogens with one attached hydrogen (secondary N) is 1. The number of aliphatic hydroxyl groups is 1. The zero-order valence-electron chi connectivity index (χ0n) is 11.5. The number of aliphatic hydroxyl groups excluding tert-OH is 1. The molecule has 110 valence electrons. The Bertz CT molecular complexity index is 616. The van der Waals surface area contributed by atoms with Crippen LogP contribution in [0.2, 0.25) is 5.02 Å². The van der Waals surface area contributed by atoms with Crippen molar-refractivity contribution in [2.24, 2.45) is 0 Å². The lowest BCUT2D eigenvalue weighted by Gasteiger charge is -2.15. The molecule has 0 bridgehead atoms. The van der Waals surface area contributed by atoms with E-state index in [4.69, 9.17) is 16.3 Å². The van der Waals surface area contributed by atoms with E-state index in [1.165, 1.54) is 0 Å². The van der Waals surface area contributed by atoms with Crippen molar-refractivity contribution >= 4 is 23.2 Å². The SMILES string of the molecule is CCOc1c(Cl)cccc1NC(=O)C(O)c1ccccc1. The minimum Gasteiger partial charge on any atom is -0.490 e. The summed E-state index contributed by atoms with van der Waals surface area (Å²) in [6, 6.07) is 13.8. The van der Waals surface area contributed by atoms with Crippen LogP contribution in [0.1, 0.15) is 18.6 Å². The molecule has 4 nitrogen and oxygen atoms in total. The molecule has 1 amide bonds. The predicted octanol–water partition coefficient (Wildman–Crippen LogP) is 3.41. The number of carbonyl (C=O) groups is 1. The van der Waals surface area contributed by atoms with Crippen molar-refractivity contribution in [2.75, 3.05) is 11.9 Å². The summed E-state index contributed by atoms with van der Waals surface area (Å²) in [6.07, 6.45) is -1.25. The van der Waals surface area contributed by atoms with Crippen LogP contribution in [0.3, 0.4) is 0 Å². The van der Waals surface area contributed by atoms with Crippen molar-refractivity contribution in [1.82, 2.24) is 0 Å². The van der Waals surface area contributed by atoms with Gasteiger partial charge in [0.2, 0.25) is 0 Å². The Kier molecular flexibility index (Phi) is 5.20. The summed E-state index contributed by atoms with van der Waals surface area (Å²) in [4.78, 5) is 12.1. The van der Waals surface area contributed by atoms with E-state index in [0.29, 0.717) is 28.6 Å². The van der Waals surface area contributed by atoms with Gasteiger partial charge in [-0.2, -0.15) is 0 Å². The summed E-state index contributed by atoms with van der Waals surface area (Å²) < 4.78 is 5.43. The number of ether oxygens (including phenoxy) is 1. The Morgan fingerprint density at radius 3 is 2.62 bits per heavy atom. The number of hydrogen-bond acceptors (Lipinski definition) is 3. The third-order valence-electron chi connectivity index (χ3n) is 2.88. The van der Waals surface area contributed by atoms with E-state index in [2.05, 4.69) is 5.32 Å². The molecule has 1 atom stereocenters. The fourth-order valence-electron chi connectivity index (χ4n) is 1.89. The molecule has 0 radical (unpaired) electrons. The van der Waals surface area contributed by atoms with Crippen LogP contribution in [0.25, 0.3) is 0 Å². The Labute approximate surface area is 128 Å². The lowest BCUT2D eigenvalue weighted by Crippen LogP contribution is -2.21. The van der Waals surface area contributed by atoms with Gasteiger partial charge in [0.25, 0.3) is 5.91 Å². The number of hydrogen-bond donors (Lipinski definition) is 2. The number of rotatable bonds is 5. The van der Waals surface area contributed by atoms with Gasteiger partial charge in [-0.1, -0.05) is 48.0 Å². The Morgan fingerprint density at radius 2 is 1.95 bits per heavy atom. The Balaban J connectivity index is 2.18. The van der Waals surface area contributed by atoms with Gasteiger partial charge in [-0.3, -0.25) is 4.79 Å². The van der Waals surface area contributed by atoms with Gasteiger partial charge < -0.3 is 15.2 Å². The Hall–Kier alpha value is -2.04. The zero-order valence-corrected chi connectivity index (χ0v) is 12.3. The van der Waals surface area contributed by atoms with Crippen molar-refractivity contribution in [3.05, 3.63) is 59.1 Å². The zero-order chi connectivity index (χ0) is 15.2. The van der Waals surface area contributed by atoms with Gasteiger partial charge in [-0.15, -0.1) is 0 Å². The standard InChI is InChI=1S/C16H16ClNO3/c1-2-21-15-12(17)9-6-10-13(15)18-16(20)14(19)11-7-4-3-5-8-11/h3-10,14,19H,2H2,1H3,(H,18,20). The second-order valence-corrected chi connectivity index (χ2v) is 4.76. The molecule has 5 heteroatoms. The van der Waals surface area contributed by atoms with Crippen molar-refractivity contribution in [3.8, 4) is 5.75 Å². The molecule has 2 aromatic carbocycles. The van der Waals surface area contributed by atoms with Gasteiger partial charge in [0.1, 0.15) is 0 Å². The lowest BCUT2D eigenvalue weighted by molar-refractivity contribution is -0.124. The number of halogens is 1. The molecule has 1 unspecified atom stereocenters. The molecule has 0 aromatic heterocycles. The average molecular weight is 306 g/mol. The van der Waals surface area contributed by atoms with Crippen LogP contribution in [-0.2, 0) is 4.79 Å². The molecule has 0 aliphatic heterocycles. The highest BCUT2D eigenvalue weighted by Gasteiger charge is 2.19. The molecular formula is C16H16ClNO3. The van der Waals surface area contributed by atoms with Gasteiger partial charge in [0, 0.05) is 0 Å². The molecule has 2 N–H and O–H groups in total. The summed E-state index contributed by atoms with van der Waals surface area (Å²) in [5, 5.41) is 13.1. The third kappa shape index (κ3) is 3.74. The van der Waals surface area contributed by atoms with Crippen LogP contribution in [0.4, 0.5) is 5.69 Å². The van der Waals surface area contributed by atoms with Crippen LogP contribution in [0.15, 0.2) is 48.5 Å². The molecule has 0 aliphatic carbocycles. The fourth-order valence-corrected chi connectivity index (χ4v) is 2.12. The van der Waals surface area contributed by atoms with E-state index < -0.39 is 12.0 Å².